The summed E-state index contributed by atoms with van der Waals surface area (Å²) in [5, 5.41) is 4.34. The summed E-state index contributed by atoms with van der Waals surface area (Å²) in [6.07, 6.45) is 0. The van der Waals surface area contributed by atoms with Gasteiger partial charge >= 0.3 is 0 Å². The molecule has 0 saturated carbocycles. The van der Waals surface area contributed by atoms with Gasteiger partial charge in [0.2, 0.25) is 0 Å². The van der Waals surface area contributed by atoms with Crippen molar-refractivity contribution in [2.24, 2.45) is 15.8 Å². The molecule has 0 bridgehead atoms. The van der Waals surface area contributed by atoms with Crippen LogP contribution in [0.5, 0.6) is 0 Å². The first kappa shape index (κ1) is 16.2. The van der Waals surface area contributed by atoms with Crippen molar-refractivity contribution in [2.45, 2.75) is 18.4 Å². The molecule has 1 aromatic carbocycles. The Morgan fingerprint density at radius 2 is 2.09 bits per heavy atom. The van der Waals surface area contributed by atoms with Crippen molar-refractivity contribution in [1.82, 2.24) is 10.4 Å². The molecule has 1 heterocycles. The fourth-order valence-corrected chi connectivity index (χ4v) is 2.56. The summed E-state index contributed by atoms with van der Waals surface area (Å²) in [6.45, 7) is 5.92. The van der Waals surface area contributed by atoms with Crippen LogP contribution in [0.2, 0.25) is 0 Å². The number of hydrazone groups is 1. The number of aromatic nitrogens is 1. The lowest BCUT2D eigenvalue weighted by molar-refractivity contribution is 0.868. The number of hydrogen-bond donors (Lipinski definition) is 2. The third-order valence-electron chi connectivity index (χ3n) is 2.96. The van der Waals surface area contributed by atoms with Crippen LogP contribution in [0.25, 0.3) is 0 Å². The average Bonchev–Trinajstić information content (AvgIpc) is 2.58. The molecular weight excluding hydrogens is 294 g/mol. The van der Waals surface area contributed by atoms with Crippen LogP contribution in [-0.2, 0) is 6.54 Å². The smallest absolute Gasteiger partial charge is 0.0863 e. The highest BCUT2D eigenvalue weighted by Crippen LogP contribution is 2.27. The normalized spacial score (nSPS) is 11.3. The van der Waals surface area contributed by atoms with Crippen LogP contribution in [0.4, 0.5) is 5.69 Å². The molecule has 0 saturated heterocycles. The average molecular weight is 313 g/mol. The number of hydrogen-bond acceptors (Lipinski definition) is 6. The molecule has 0 radical (unpaired) electrons. The molecule has 0 unspecified atom stereocenters. The highest BCUT2D eigenvalue weighted by atomic mass is 32.2. The van der Waals surface area contributed by atoms with Gasteiger partial charge in [-0.25, -0.2) is 0 Å². The van der Waals surface area contributed by atoms with E-state index in [1.807, 2.05) is 49.4 Å². The number of nitrogens with zero attached hydrogens (tertiary/aromatic N) is 3. The Kier molecular flexibility index (Phi) is 6.12. The van der Waals surface area contributed by atoms with Crippen LogP contribution in [0, 0.1) is 0 Å². The zero-order chi connectivity index (χ0) is 15.8. The molecule has 0 aliphatic heterocycles. The summed E-state index contributed by atoms with van der Waals surface area (Å²) in [5.41, 5.74) is 12.0. The number of aliphatic imine (C=N–C) groups is 1. The summed E-state index contributed by atoms with van der Waals surface area (Å²) in [7, 11) is 0. The van der Waals surface area contributed by atoms with Gasteiger partial charge in [0.1, 0.15) is 0 Å². The third-order valence-corrected chi connectivity index (χ3v) is 3.89. The van der Waals surface area contributed by atoms with E-state index >= 15 is 0 Å². The number of benzene rings is 1. The summed E-state index contributed by atoms with van der Waals surface area (Å²) >= 11 is 1.62. The Hall–Kier alpha value is -2.18. The molecule has 0 amide bonds. The molecule has 3 N–H and O–H groups in total. The van der Waals surface area contributed by atoms with Crippen molar-refractivity contribution >= 4 is 29.9 Å². The summed E-state index contributed by atoms with van der Waals surface area (Å²) in [6, 6.07) is 13.6. The predicted molar refractivity (Wildman–Crippen MR) is 93.9 cm³/mol. The standard InChI is InChI=1S/C16H19N5S/c1-12(14-8-5-6-13(10-17)20-14)21-19-11-22-16-9-4-3-7-15(16)18-2/h3-9,19H,2,10-11,17H2,1H3/b21-12+. The number of pyridine rings is 1. The van der Waals surface area contributed by atoms with E-state index in [-0.39, 0.29) is 0 Å². The van der Waals surface area contributed by atoms with Gasteiger partial charge in [0.25, 0.3) is 0 Å². The first-order valence-corrected chi connectivity index (χ1v) is 7.85. The van der Waals surface area contributed by atoms with Crippen molar-refractivity contribution in [1.29, 1.82) is 0 Å². The molecular formula is C16H19N5S. The molecule has 0 spiro atoms. The highest BCUT2D eigenvalue weighted by molar-refractivity contribution is 7.99. The minimum absolute atomic E-state index is 0.426. The zero-order valence-corrected chi connectivity index (χ0v) is 13.3. The third kappa shape index (κ3) is 4.41. The zero-order valence-electron chi connectivity index (χ0n) is 12.5. The van der Waals surface area contributed by atoms with Crippen molar-refractivity contribution < 1.29 is 0 Å². The Morgan fingerprint density at radius 3 is 2.86 bits per heavy atom. The first-order chi connectivity index (χ1) is 10.7. The van der Waals surface area contributed by atoms with Gasteiger partial charge in [-0.1, -0.05) is 18.2 Å². The molecule has 0 atom stereocenters. The summed E-state index contributed by atoms with van der Waals surface area (Å²) in [4.78, 5) is 9.49. The monoisotopic (exact) mass is 313 g/mol. The van der Waals surface area contributed by atoms with Gasteiger partial charge in [0.05, 0.1) is 28.7 Å². The van der Waals surface area contributed by atoms with Crippen molar-refractivity contribution in [3.05, 3.63) is 53.9 Å². The number of thioether (sulfide) groups is 1. The molecule has 114 valence electrons. The SMILES string of the molecule is C=Nc1ccccc1SCN/N=C(\C)c1cccc(CN)n1. The highest BCUT2D eigenvalue weighted by Gasteiger charge is 2.01. The van der Waals surface area contributed by atoms with Gasteiger partial charge in [-0.3, -0.25) is 15.4 Å². The second-order valence-electron chi connectivity index (χ2n) is 4.49. The van der Waals surface area contributed by atoms with Crippen molar-refractivity contribution in [3.8, 4) is 0 Å². The van der Waals surface area contributed by atoms with E-state index < -0.39 is 0 Å². The molecule has 2 aromatic rings. The lowest BCUT2D eigenvalue weighted by Gasteiger charge is -2.06. The fraction of sp³-hybridized carbons (Fsp3) is 0.188. The number of para-hydroxylation sites is 1. The summed E-state index contributed by atoms with van der Waals surface area (Å²) < 4.78 is 0. The Morgan fingerprint density at radius 1 is 1.27 bits per heavy atom. The van der Waals surface area contributed by atoms with Gasteiger partial charge in [0, 0.05) is 11.4 Å². The van der Waals surface area contributed by atoms with E-state index in [4.69, 9.17) is 5.73 Å². The Bertz CT molecular complexity index is 669. The van der Waals surface area contributed by atoms with E-state index in [2.05, 4.69) is 27.2 Å². The first-order valence-electron chi connectivity index (χ1n) is 6.86. The van der Waals surface area contributed by atoms with Crippen molar-refractivity contribution in [3.63, 3.8) is 0 Å². The minimum Gasteiger partial charge on any atom is -0.325 e. The minimum atomic E-state index is 0.426. The van der Waals surface area contributed by atoms with Crippen LogP contribution in [0.1, 0.15) is 18.3 Å². The molecule has 22 heavy (non-hydrogen) atoms. The summed E-state index contributed by atoms with van der Waals surface area (Å²) in [5.74, 6) is 0.639. The topological polar surface area (TPSA) is 75.7 Å². The van der Waals surface area contributed by atoms with E-state index in [0.29, 0.717) is 12.4 Å². The lowest BCUT2D eigenvalue weighted by atomic mass is 10.2. The predicted octanol–water partition coefficient (Wildman–Crippen LogP) is 2.94. The van der Waals surface area contributed by atoms with Gasteiger partial charge < -0.3 is 5.73 Å². The van der Waals surface area contributed by atoms with E-state index in [9.17, 15) is 0 Å². The molecule has 6 heteroatoms. The maximum Gasteiger partial charge on any atom is 0.0863 e. The molecule has 0 aliphatic carbocycles. The van der Waals surface area contributed by atoms with Crippen LogP contribution in [-0.4, -0.2) is 23.3 Å². The van der Waals surface area contributed by atoms with Crippen LogP contribution < -0.4 is 11.2 Å². The quantitative estimate of drug-likeness (QED) is 0.271. The van der Waals surface area contributed by atoms with E-state index in [0.717, 1.165) is 27.7 Å². The molecule has 0 aliphatic rings. The van der Waals surface area contributed by atoms with E-state index in [1.165, 1.54) is 0 Å². The second kappa shape index (κ2) is 8.31. The van der Waals surface area contributed by atoms with Gasteiger partial charge in [-0.15, -0.1) is 11.8 Å². The largest absolute Gasteiger partial charge is 0.325 e. The maximum atomic E-state index is 5.60. The van der Waals surface area contributed by atoms with Crippen LogP contribution in [0.15, 0.2) is 57.5 Å². The fourth-order valence-electron chi connectivity index (χ4n) is 1.82. The Labute approximate surface area is 134 Å². The molecule has 1 aromatic heterocycles. The second-order valence-corrected chi connectivity index (χ2v) is 5.51. The Balaban J connectivity index is 1.93. The number of rotatable bonds is 7. The van der Waals surface area contributed by atoms with Crippen LogP contribution >= 0.6 is 11.8 Å². The maximum absolute atomic E-state index is 5.60. The number of nitrogens with two attached hydrogens (primary N) is 1. The molecule has 2 rings (SSSR count). The lowest BCUT2D eigenvalue weighted by Crippen LogP contribution is -2.11. The molecule has 0 fully saturated rings. The number of nitrogens with one attached hydrogen (secondary N) is 1. The molecule has 5 nitrogen and oxygen atoms in total. The van der Waals surface area contributed by atoms with Gasteiger partial charge in [0.15, 0.2) is 0 Å². The van der Waals surface area contributed by atoms with Crippen molar-refractivity contribution in [2.75, 3.05) is 5.88 Å². The van der Waals surface area contributed by atoms with Gasteiger partial charge in [-0.05, 0) is 37.9 Å². The van der Waals surface area contributed by atoms with Gasteiger partial charge in [-0.2, -0.15) is 5.10 Å². The van der Waals surface area contributed by atoms with E-state index in [1.54, 1.807) is 11.8 Å². The van der Waals surface area contributed by atoms with Crippen LogP contribution in [0.3, 0.4) is 0 Å².